The standard InChI is InChI=1S/C11H17NO2.C11H15NO2/c2*1-2-3-8-14-11(13)5-4-10-6-7-12-9-10/h6-7,9,12H,2-5,8H2,1H3;4-7,9,12H,2-3,8H2,1H3/b;5-4+. The number of rotatable bonds is 11. The molecule has 0 saturated heterocycles. The SMILES string of the molecule is CCCCOC(=O)/C=C/c1cc[nH]c1.CCCCOC(=O)CCc1cc[nH]c1. The summed E-state index contributed by atoms with van der Waals surface area (Å²) < 4.78 is 9.98. The predicted molar refractivity (Wildman–Crippen MR) is 111 cm³/mol. The third kappa shape index (κ3) is 11.8. The van der Waals surface area contributed by atoms with Gasteiger partial charge in [0.2, 0.25) is 0 Å². The average molecular weight is 389 g/mol. The number of unbranched alkanes of at least 4 members (excludes halogenated alkanes) is 2. The van der Waals surface area contributed by atoms with E-state index in [-0.39, 0.29) is 11.9 Å². The first-order valence-electron chi connectivity index (χ1n) is 9.90. The Hall–Kier alpha value is -2.76. The van der Waals surface area contributed by atoms with Gasteiger partial charge in [0.1, 0.15) is 0 Å². The molecule has 6 heteroatoms. The summed E-state index contributed by atoms with van der Waals surface area (Å²) in [6.07, 6.45) is 15.8. The molecule has 0 spiro atoms. The van der Waals surface area contributed by atoms with Gasteiger partial charge in [-0.1, -0.05) is 26.7 Å². The monoisotopic (exact) mass is 388 g/mol. The van der Waals surface area contributed by atoms with Crippen molar-refractivity contribution in [2.24, 2.45) is 0 Å². The van der Waals surface area contributed by atoms with Gasteiger partial charge in [-0.2, -0.15) is 0 Å². The van der Waals surface area contributed by atoms with Crippen LogP contribution in [0.15, 0.2) is 43.0 Å². The van der Waals surface area contributed by atoms with Crippen molar-refractivity contribution in [3.05, 3.63) is 54.1 Å². The highest BCUT2D eigenvalue weighted by atomic mass is 16.5. The van der Waals surface area contributed by atoms with Crippen LogP contribution in [0.25, 0.3) is 6.08 Å². The summed E-state index contributed by atoms with van der Waals surface area (Å²) in [5, 5.41) is 0. The van der Waals surface area contributed by atoms with Crippen molar-refractivity contribution in [1.82, 2.24) is 9.97 Å². The first kappa shape index (κ1) is 23.3. The lowest BCUT2D eigenvalue weighted by Gasteiger charge is -2.02. The summed E-state index contributed by atoms with van der Waals surface area (Å²) in [7, 11) is 0. The lowest BCUT2D eigenvalue weighted by atomic mass is 10.2. The fraction of sp³-hybridized carbons (Fsp3) is 0.455. The molecule has 2 N–H and O–H groups in total. The van der Waals surface area contributed by atoms with Crippen LogP contribution in [0.2, 0.25) is 0 Å². The van der Waals surface area contributed by atoms with E-state index in [0.717, 1.165) is 43.2 Å². The Morgan fingerprint density at radius 1 is 0.964 bits per heavy atom. The molecule has 0 bridgehead atoms. The van der Waals surface area contributed by atoms with Gasteiger partial charge >= 0.3 is 11.9 Å². The smallest absolute Gasteiger partial charge is 0.330 e. The maximum absolute atomic E-state index is 11.2. The van der Waals surface area contributed by atoms with E-state index in [0.29, 0.717) is 19.6 Å². The van der Waals surface area contributed by atoms with Crippen LogP contribution in [-0.4, -0.2) is 35.1 Å². The van der Waals surface area contributed by atoms with Crippen LogP contribution in [0.5, 0.6) is 0 Å². The fourth-order valence-corrected chi connectivity index (χ4v) is 2.13. The molecule has 2 aromatic rings. The molecule has 0 aliphatic rings. The number of aromatic nitrogens is 2. The van der Waals surface area contributed by atoms with Gasteiger partial charge < -0.3 is 19.4 Å². The van der Waals surface area contributed by atoms with Crippen molar-refractivity contribution in [2.45, 2.75) is 52.4 Å². The Labute approximate surface area is 167 Å². The van der Waals surface area contributed by atoms with E-state index >= 15 is 0 Å². The Morgan fingerprint density at radius 3 is 2.25 bits per heavy atom. The minimum Gasteiger partial charge on any atom is -0.466 e. The second kappa shape index (κ2) is 15.3. The number of nitrogens with one attached hydrogen (secondary N) is 2. The van der Waals surface area contributed by atoms with Crippen LogP contribution >= 0.6 is 0 Å². The summed E-state index contributed by atoms with van der Waals surface area (Å²) in [6, 6.07) is 3.86. The van der Waals surface area contributed by atoms with Crippen molar-refractivity contribution in [3.63, 3.8) is 0 Å². The Kier molecular flexibility index (Phi) is 12.7. The minimum atomic E-state index is -0.278. The summed E-state index contributed by atoms with van der Waals surface area (Å²) >= 11 is 0. The van der Waals surface area contributed by atoms with E-state index in [1.54, 1.807) is 6.08 Å². The summed E-state index contributed by atoms with van der Waals surface area (Å²) in [5.74, 6) is -0.376. The molecule has 2 heterocycles. The van der Waals surface area contributed by atoms with Crippen molar-refractivity contribution in [3.8, 4) is 0 Å². The molecule has 6 nitrogen and oxygen atoms in total. The minimum absolute atomic E-state index is 0.0975. The normalized spacial score (nSPS) is 10.4. The molecule has 0 fully saturated rings. The van der Waals surface area contributed by atoms with E-state index in [1.807, 2.05) is 36.9 Å². The highest BCUT2D eigenvalue weighted by molar-refractivity contribution is 5.86. The molecular weight excluding hydrogens is 356 g/mol. The van der Waals surface area contributed by atoms with Gasteiger partial charge in [-0.05, 0) is 48.6 Å². The highest BCUT2D eigenvalue weighted by Gasteiger charge is 2.03. The van der Waals surface area contributed by atoms with Crippen LogP contribution in [0.3, 0.4) is 0 Å². The highest BCUT2D eigenvalue weighted by Crippen LogP contribution is 2.02. The predicted octanol–water partition coefficient (Wildman–Crippen LogP) is 4.66. The zero-order valence-corrected chi connectivity index (χ0v) is 16.9. The van der Waals surface area contributed by atoms with E-state index in [9.17, 15) is 9.59 Å². The zero-order chi connectivity index (χ0) is 20.5. The van der Waals surface area contributed by atoms with Gasteiger partial charge in [-0.15, -0.1) is 0 Å². The topological polar surface area (TPSA) is 84.2 Å². The van der Waals surface area contributed by atoms with Gasteiger partial charge in [-0.3, -0.25) is 4.79 Å². The van der Waals surface area contributed by atoms with Gasteiger partial charge in [-0.25, -0.2) is 4.79 Å². The van der Waals surface area contributed by atoms with Crippen LogP contribution in [0.1, 0.15) is 57.1 Å². The third-order valence-electron chi connectivity index (χ3n) is 3.82. The van der Waals surface area contributed by atoms with Crippen LogP contribution in [-0.2, 0) is 25.5 Å². The molecule has 2 rings (SSSR count). The number of aromatic amines is 2. The maximum Gasteiger partial charge on any atom is 0.330 e. The largest absolute Gasteiger partial charge is 0.466 e. The van der Waals surface area contributed by atoms with E-state index < -0.39 is 0 Å². The number of aryl methyl sites for hydroxylation is 1. The van der Waals surface area contributed by atoms with Crippen molar-refractivity contribution in [1.29, 1.82) is 0 Å². The molecule has 2 aromatic heterocycles. The Bertz CT molecular complexity index is 661. The zero-order valence-electron chi connectivity index (χ0n) is 16.9. The molecule has 0 aliphatic carbocycles. The maximum atomic E-state index is 11.2. The first-order valence-corrected chi connectivity index (χ1v) is 9.90. The average Bonchev–Trinajstić information content (AvgIpc) is 3.40. The van der Waals surface area contributed by atoms with Crippen molar-refractivity contribution in [2.75, 3.05) is 13.2 Å². The van der Waals surface area contributed by atoms with Crippen LogP contribution in [0.4, 0.5) is 0 Å². The summed E-state index contributed by atoms with van der Waals surface area (Å²) in [5.41, 5.74) is 2.12. The van der Waals surface area contributed by atoms with Gasteiger partial charge in [0, 0.05) is 37.3 Å². The van der Waals surface area contributed by atoms with Gasteiger partial charge in [0.05, 0.1) is 13.2 Å². The molecule has 0 saturated carbocycles. The first-order chi connectivity index (χ1) is 13.7. The Morgan fingerprint density at radius 2 is 1.64 bits per heavy atom. The number of esters is 2. The Balaban J connectivity index is 0.000000280. The number of ether oxygens (including phenoxy) is 2. The van der Waals surface area contributed by atoms with E-state index in [1.165, 1.54) is 6.08 Å². The number of carbonyl (C=O) groups is 2. The second-order valence-corrected chi connectivity index (χ2v) is 6.29. The molecule has 0 atom stereocenters. The van der Waals surface area contributed by atoms with E-state index in [4.69, 9.17) is 9.47 Å². The number of H-pyrrole nitrogens is 2. The summed E-state index contributed by atoms with van der Waals surface area (Å²) in [4.78, 5) is 28.1. The summed E-state index contributed by atoms with van der Waals surface area (Å²) in [6.45, 7) is 5.20. The molecule has 0 unspecified atom stereocenters. The number of hydrogen-bond donors (Lipinski definition) is 2. The molecule has 28 heavy (non-hydrogen) atoms. The van der Waals surface area contributed by atoms with Crippen molar-refractivity contribution < 1.29 is 19.1 Å². The molecule has 0 radical (unpaired) electrons. The van der Waals surface area contributed by atoms with Gasteiger partial charge in [0.25, 0.3) is 0 Å². The van der Waals surface area contributed by atoms with Crippen LogP contribution in [0, 0.1) is 0 Å². The molecule has 0 amide bonds. The fourth-order valence-electron chi connectivity index (χ4n) is 2.13. The number of carbonyl (C=O) groups excluding carboxylic acids is 2. The lowest BCUT2D eigenvalue weighted by molar-refractivity contribution is -0.143. The van der Waals surface area contributed by atoms with Crippen molar-refractivity contribution >= 4 is 18.0 Å². The second-order valence-electron chi connectivity index (χ2n) is 6.29. The molecular formula is C22H32N2O4. The lowest BCUT2D eigenvalue weighted by Crippen LogP contribution is -2.06. The van der Waals surface area contributed by atoms with Gasteiger partial charge in [0.15, 0.2) is 0 Å². The number of hydrogen-bond acceptors (Lipinski definition) is 4. The third-order valence-corrected chi connectivity index (χ3v) is 3.82. The quantitative estimate of drug-likeness (QED) is 0.333. The molecule has 0 aliphatic heterocycles. The van der Waals surface area contributed by atoms with Crippen LogP contribution < -0.4 is 0 Å². The molecule has 154 valence electrons. The van der Waals surface area contributed by atoms with E-state index in [2.05, 4.69) is 23.8 Å². The molecule has 0 aromatic carbocycles.